The van der Waals surface area contributed by atoms with E-state index >= 15 is 0 Å². The van der Waals surface area contributed by atoms with E-state index in [-0.39, 0.29) is 11.8 Å². The third-order valence-corrected chi connectivity index (χ3v) is 2.93. The average Bonchev–Trinajstić information content (AvgIpc) is 2.42. The van der Waals surface area contributed by atoms with Crippen LogP contribution in [-0.2, 0) is 23.9 Å². The Bertz CT molecular complexity index is 398. The highest BCUT2D eigenvalue weighted by molar-refractivity contribution is 5.91. The van der Waals surface area contributed by atoms with Crippen LogP contribution in [-0.4, -0.2) is 42.6 Å². The maximum atomic E-state index is 11.6. The molecule has 0 saturated heterocycles. The fourth-order valence-corrected chi connectivity index (χ4v) is 1.47. The highest BCUT2D eigenvalue weighted by atomic mass is 16.6. The van der Waals surface area contributed by atoms with Crippen molar-refractivity contribution in [3.05, 3.63) is 0 Å². The largest absolute Gasteiger partial charge is 0.462 e. The van der Waals surface area contributed by atoms with E-state index in [1.165, 1.54) is 0 Å². The van der Waals surface area contributed by atoms with E-state index in [2.05, 4.69) is 4.74 Å². The van der Waals surface area contributed by atoms with Crippen LogP contribution < -0.4 is 17.2 Å². The molecule has 128 valence electrons. The molecule has 0 bridgehead atoms. The summed E-state index contributed by atoms with van der Waals surface area (Å²) in [6.07, 6.45) is 0.459. The Morgan fingerprint density at radius 2 is 1.41 bits per heavy atom. The highest BCUT2D eigenvalue weighted by Crippen LogP contribution is 2.05. The summed E-state index contributed by atoms with van der Waals surface area (Å²) in [7, 11) is 0. The molecule has 0 radical (unpaired) electrons. The van der Waals surface area contributed by atoms with E-state index in [1.807, 2.05) is 13.8 Å². The molecule has 0 aliphatic rings. The number of ether oxygens (including phenoxy) is 2. The van der Waals surface area contributed by atoms with E-state index in [9.17, 15) is 14.4 Å². The standard InChI is InChI=1S/C14H27N3O5/c1-7(2)5-9(15)12(18)21-6-10(16)13(19)22-14(20)11(17)8(3)4/h7-11H,5-6,15-17H2,1-4H3/t9-,10-,11-/m0/s1. The smallest absolute Gasteiger partial charge is 0.334 e. The van der Waals surface area contributed by atoms with Gasteiger partial charge in [-0.2, -0.15) is 0 Å². The highest BCUT2D eigenvalue weighted by Gasteiger charge is 2.26. The lowest BCUT2D eigenvalue weighted by atomic mass is 10.1. The molecule has 0 aromatic rings. The van der Waals surface area contributed by atoms with Crippen molar-refractivity contribution in [2.45, 2.75) is 52.2 Å². The Morgan fingerprint density at radius 1 is 0.864 bits per heavy atom. The minimum Gasteiger partial charge on any atom is -0.462 e. The fourth-order valence-electron chi connectivity index (χ4n) is 1.47. The second-order valence-electron chi connectivity index (χ2n) is 5.98. The van der Waals surface area contributed by atoms with E-state index < -0.39 is 42.6 Å². The summed E-state index contributed by atoms with van der Waals surface area (Å²) < 4.78 is 9.39. The molecule has 22 heavy (non-hydrogen) atoms. The molecule has 0 aliphatic carbocycles. The Labute approximate surface area is 130 Å². The van der Waals surface area contributed by atoms with Crippen LogP contribution in [0.3, 0.4) is 0 Å². The van der Waals surface area contributed by atoms with E-state index in [0.717, 1.165) is 0 Å². The zero-order valence-electron chi connectivity index (χ0n) is 13.6. The van der Waals surface area contributed by atoms with Gasteiger partial charge in [-0.25, -0.2) is 9.59 Å². The minimum absolute atomic E-state index is 0.177. The molecule has 0 fully saturated rings. The first kappa shape index (κ1) is 20.5. The van der Waals surface area contributed by atoms with Crippen molar-refractivity contribution in [2.75, 3.05) is 6.61 Å². The second kappa shape index (κ2) is 9.50. The Morgan fingerprint density at radius 3 is 1.86 bits per heavy atom. The number of nitrogens with two attached hydrogens (primary N) is 3. The Balaban J connectivity index is 4.26. The van der Waals surface area contributed by atoms with Gasteiger partial charge >= 0.3 is 17.9 Å². The van der Waals surface area contributed by atoms with E-state index in [4.69, 9.17) is 21.9 Å². The molecule has 0 aliphatic heterocycles. The zero-order chi connectivity index (χ0) is 17.4. The van der Waals surface area contributed by atoms with Gasteiger partial charge in [0.05, 0.1) is 0 Å². The molecule has 0 unspecified atom stereocenters. The number of hydrogen-bond donors (Lipinski definition) is 3. The normalized spacial score (nSPS) is 15.3. The first-order valence-corrected chi connectivity index (χ1v) is 7.25. The van der Waals surface area contributed by atoms with Crippen molar-refractivity contribution < 1.29 is 23.9 Å². The lowest BCUT2D eigenvalue weighted by molar-refractivity contribution is -0.163. The van der Waals surface area contributed by atoms with Gasteiger partial charge in [0.1, 0.15) is 24.7 Å². The third-order valence-electron chi connectivity index (χ3n) is 2.93. The zero-order valence-corrected chi connectivity index (χ0v) is 13.6. The van der Waals surface area contributed by atoms with Crippen LogP contribution in [0.5, 0.6) is 0 Å². The molecule has 8 nitrogen and oxygen atoms in total. The first-order chi connectivity index (χ1) is 10.1. The van der Waals surface area contributed by atoms with Gasteiger partial charge in [-0.3, -0.25) is 4.79 Å². The van der Waals surface area contributed by atoms with Gasteiger partial charge in [0.2, 0.25) is 0 Å². The Kier molecular flexibility index (Phi) is 8.84. The van der Waals surface area contributed by atoms with Crippen molar-refractivity contribution in [1.82, 2.24) is 0 Å². The van der Waals surface area contributed by atoms with Crippen LogP contribution in [0.1, 0.15) is 34.1 Å². The Hall–Kier alpha value is -1.51. The number of hydrogen-bond acceptors (Lipinski definition) is 8. The number of carbonyl (C=O) groups excluding carboxylic acids is 3. The maximum absolute atomic E-state index is 11.6. The minimum atomic E-state index is -1.27. The summed E-state index contributed by atoms with van der Waals surface area (Å²) in [6, 6.07) is -2.96. The van der Waals surface area contributed by atoms with Gasteiger partial charge in [0.15, 0.2) is 0 Å². The number of esters is 3. The first-order valence-electron chi connectivity index (χ1n) is 7.25. The molecule has 0 rings (SSSR count). The molecule has 0 aromatic heterocycles. The summed E-state index contributed by atoms with van der Waals surface area (Å²) in [4.78, 5) is 34.7. The van der Waals surface area contributed by atoms with Crippen molar-refractivity contribution in [3.8, 4) is 0 Å². The third kappa shape index (κ3) is 7.48. The van der Waals surface area contributed by atoms with Crippen LogP contribution in [0, 0.1) is 11.8 Å². The predicted molar refractivity (Wildman–Crippen MR) is 80.3 cm³/mol. The lowest BCUT2D eigenvalue weighted by Crippen LogP contribution is -2.44. The average molecular weight is 317 g/mol. The summed E-state index contributed by atoms with van der Waals surface area (Å²) in [5, 5.41) is 0. The van der Waals surface area contributed by atoms with Crippen molar-refractivity contribution in [1.29, 1.82) is 0 Å². The second-order valence-corrected chi connectivity index (χ2v) is 5.98. The molecule has 0 aromatic carbocycles. The SMILES string of the molecule is CC(C)C[C@H](N)C(=O)OC[C@H](N)C(=O)OC(=O)[C@@H](N)C(C)C. The van der Waals surface area contributed by atoms with Gasteiger partial charge in [0, 0.05) is 0 Å². The van der Waals surface area contributed by atoms with Crippen LogP contribution in [0.25, 0.3) is 0 Å². The van der Waals surface area contributed by atoms with Crippen molar-refractivity contribution in [2.24, 2.45) is 29.0 Å². The van der Waals surface area contributed by atoms with Gasteiger partial charge < -0.3 is 26.7 Å². The van der Waals surface area contributed by atoms with Crippen LogP contribution in [0.2, 0.25) is 0 Å². The summed E-state index contributed by atoms with van der Waals surface area (Å²) >= 11 is 0. The monoisotopic (exact) mass is 317 g/mol. The summed E-state index contributed by atoms with van der Waals surface area (Å²) in [5.74, 6) is -2.45. The molecule has 6 N–H and O–H groups in total. The van der Waals surface area contributed by atoms with Gasteiger partial charge in [0.25, 0.3) is 0 Å². The number of rotatable bonds is 8. The summed E-state index contributed by atoms with van der Waals surface area (Å²) in [5.41, 5.74) is 16.7. The fraction of sp³-hybridized carbons (Fsp3) is 0.786. The quantitative estimate of drug-likeness (QED) is 0.392. The van der Waals surface area contributed by atoms with Crippen LogP contribution >= 0.6 is 0 Å². The van der Waals surface area contributed by atoms with Gasteiger partial charge in [-0.05, 0) is 18.3 Å². The molecule has 0 spiro atoms. The predicted octanol–water partition coefficient (Wildman–Crippen LogP) is -0.717. The van der Waals surface area contributed by atoms with Gasteiger partial charge in [-0.1, -0.05) is 27.7 Å². The molecule has 0 amide bonds. The lowest BCUT2D eigenvalue weighted by Gasteiger charge is -2.17. The molecule has 0 heterocycles. The molecular formula is C14H27N3O5. The molecule has 0 saturated carbocycles. The molecule has 8 heteroatoms. The molecular weight excluding hydrogens is 290 g/mol. The van der Waals surface area contributed by atoms with Crippen LogP contribution in [0.15, 0.2) is 0 Å². The van der Waals surface area contributed by atoms with Crippen molar-refractivity contribution >= 4 is 17.9 Å². The molecule has 3 atom stereocenters. The maximum Gasteiger partial charge on any atom is 0.334 e. The van der Waals surface area contributed by atoms with E-state index in [0.29, 0.717) is 6.42 Å². The van der Waals surface area contributed by atoms with E-state index in [1.54, 1.807) is 13.8 Å². The van der Waals surface area contributed by atoms with Gasteiger partial charge in [-0.15, -0.1) is 0 Å². The van der Waals surface area contributed by atoms with Crippen molar-refractivity contribution in [3.63, 3.8) is 0 Å². The van der Waals surface area contributed by atoms with Crippen LogP contribution in [0.4, 0.5) is 0 Å². The topological polar surface area (TPSA) is 148 Å². The number of carbonyl (C=O) groups is 3. The summed E-state index contributed by atoms with van der Waals surface area (Å²) in [6.45, 7) is 6.86.